The standard InChI is InChI=1S/C17H13F5N4O2S/c1-25-16(27)26(24-23-25)12-6-4-8-14(29-15(18)19)10(12)9-28-13-7-3-2-5-11(13)17(20,21)22/h2-8,15H,9H2,1H3. The normalized spacial score (nSPS) is 11.8. The van der Waals surface area contributed by atoms with Crippen molar-refractivity contribution < 1.29 is 26.7 Å². The van der Waals surface area contributed by atoms with Crippen LogP contribution in [0.1, 0.15) is 11.1 Å². The first-order valence-corrected chi connectivity index (χ1v) is 8.91. The molecule has 29 heavy (non-hydrogen) atoms. The predicted octanol–water partition coefficient (Wildman–Crippen LogP) is 3.88. The van der Waals surface area contributed by atoms with Crippen molar-refractivity contribution in [1.29, 1.82) is 0 Å². The third kappa shape index (κ3) is 4.58. The van der Waals surface area contributed by atoms with Crippen LogP contribution < -0.4 is 10.4 Å². The number of benzene rings is 2. The Morgan fingerprint density at radius 1 is 1.10 bits per heavy atom. The Bertz CT molecular complexity index is 1060. The highest BCUT2D eigenvalue weighted by molar-refractivity contribution is 7.99. The van der Waals surface area contributed by atoms with Gasteiger partial charge in [0.2, 0.25) is 0 Å². The first-order chi connectivity index (χ1) is 13.7. The average molecular weight is 432 g/mol. The Balaban J connectivity index is 2.04. The molecular formula is C17H13F5N4O2S. The van der Waals surface area contributed by atoms with E-state index in [1.807, 2.05) is 0 Å². The van der Waals surface area contributed by atoms with Crippen LogP contribution in [0.4, 0.5) is 22.0 Å². The molecule has 0 fully saturated rings. The molecule has 0 aliphatic carbocycles. The molecule has 0 spiro atoms. The molecule has 0 saturated heterocycles. The molecule has 0 aliphatic heterocycles. The van der Waals surface area contributed by atoms with Crippen LogP contribution >= 0.6 is 11.8 Å². The Labute approximate surface area is 164 Å². The number of alkyl halides is 5. The number of aromatic nitrogens is 4. The molecule has 0 unspecified atom stereocenters. The summed E-state index contributed by atoms with van der Waals surface area (Å²) in [6.07, 6.45) is -4.65. The van der Waals surface area contributed by atoms with Gasteiger partial charge in [-0.15, -0.1) is 0 Å². The molecule has 0 radical (unpaired) electrons. The number of ether oxygens (including phenoxy) is 1. The summed E-state index contributed by atoms with van der Waals surface area (Å²) in [5.41, 5.74) is -1.49. The number of para-hydroxylation sites is 1. The van der Waals surface area contributed by atoms with Crippen molar-refractivity contribution in [3.05, 3.63) is 64.1 Å². The van der Waals surface area contributed by atoms with Crippen LogP contribution in [0.5, 0.6) is 5.75 Å². The Hall–Kier alpha value is -2.89. The van der Waals surface area contributed by atoms with E-state index in [-0.39, 0.29) is 27.9 Å². The molecule has 6 nitrogen and oxygen atoms in total. The van der Waals surface area contributed by atoms with Crippen LogP contribution in [0, 0.1) is 0 Å². The van der Waals surface area contributed by atoms with Gasteiger partial charge < -0.3 is 4.74 Å². The van der Waals surface area contributed by atoms with Gasteiger partial charge in [0.15, 0.2) is 0 Å². The molecule has 0 amide bonds. The number of tetrazole rings is 1. The van der Waals surface area contributed by atoms with Gasteiger partial charge in [0.25, 0.3) is 5.76 Å². The molecule has 154 valence electrons. The van der Waals surface area contributed by atoms with Crippen molar-refractivity contribution in [3.63, 3.8) is 0 Å². The first kappa shape index (κ1) is 20.8. The molecule has 0 saturated carbocycles. The fourth-order valence-corrected chi connectivity index (χ4v) is 3.20. The fraction of sp³-hybridized carbons (Fsp3) is 0.235. The topological polar surface area (TPSA) is 61.9 Å². The maximum atomic E-state index is 13.2. The van der Waals surface area contributed by atoms with Crippen molar-refractivity contribution in [3.8, 4) is 11.4 Å². The fourth-order valence-electron chi connectivity index (χ4n) is 2.55. The summed E-state index contributed by atoms with van der Waals surface area (Å²) >= 11 is 0.186. The molecule has 1 aromatic heterocycles. The highest BCUT2D eigenvalue weighted by atomic mass is 32.2. The van der Waals surface area contributed by atoms with Gasteiger partial charge in [-0.2, -0.15) is 31.3 Å². The minimum absolute atomic E-state index is 0.0412. The lowest BCUT2D eigenvalue weighted by Crippen LogP contribution is -2.23. The monoisotopic (exact) mass is 432 g/mol. The van der Waals surface area contributed by atoms with Gasteiger partial charge in [0, 0.05) is 17.5 Å². The molecule has 0 bridgehead atoms. The minimum Gasteiger partial charge on any atom is -0.488 e. The van der Waals surface area contributed by atoms with Crippen molar-refractivity contribution >= 4 is 11.8 Å². The number of hydrogen-bond acceptors (Lipinski definition) is 5. The number of hydrogen-bond donors (Lipinski definition) is 0. The summed E-state index contributed by atoms with van der Waals surface area (Å²) in [5.74, 6) is -3.25. The molecule has 2 aromatic carbocycles. The van der Waals surface area contributed by atoms with Gasteiger partial charge in [0.05, 0.1) is 11.3 Å². The summed E-state index contributed by atoms with van der Waals surface area (Å²) in [4.78, 5) is 12.2. The Morgan fingerprint density at radius 2 is 1.83 bits per heavy atom. The van der Waals surface area contributed by atoms with Crippen LogP contribution in [0.25, 0.3) is 5.69 Å². The van der Waals surface area contributed by atoms with Gasteiger partial charge in [0.1, 0.15) is 12.4 Å². The lowest BCUT2D eigenvalue weighted by atomic mass is 10.1. The number of thioether (sulfide) groups is 1. The minimum atomic E-state index is -4.65. The van der Waals surface area contributed by atoms with E-state index in [0.29, 0.717) is 0 Å². The number of halogens is 5. The second-order valence-corrected chi connectivity index (χ2v) is 6.74. The van der Waals surface area contributed by atoms with E-state index < -0.39 is 35.5 Å². The van der Waals surface area contributed by atoms with Crippen molar-refractivity contribution in [2.45, 2.75) is 23.4 Å². The Kier molecular flexibility index (Phi) is 5.91. The molecule has 0 N–H and O–H groups in total. The lowest BCUT2D eigenvalue weighted by Gasteiger charge is -2.17. The quantitative estimate of drug-likeness (QED) is 0.437. The van der Waals surface area contributed by atoms with Gasteiger partial charge >= 0.3 is 11.9 Å². The van der Waals surface area contributed by atoms with Crippen LogP contribution in [0.15, 0.2) is 52.2 Å². The summed E-state index contributed by atoms with van der Waals surface area (Å²) in [6, 6.07) is 8.74. The zero-order valence-electron chi connectivity index (χ0n) is 14.7. The third-order valence-electron chi connectivity index (χ3n) is 3.84. The Morgan fingerprint density at radius 3 is 2.45 bits per heavy atom. The van der Waals surface area contributed by atoms with E-state index in [0.717, 1.165) is 21.5 Å². The van der Waals surface area contributed by atoms with E-state index >= 15 is 0 Å². The number of aryl methyl sites for hydroxylation is 1. The van der Waals surface area contributed by atoms with E-state index in [1.165, 1.54) is 37.4 Å². The summed E-state index contributed by atoms with van der Waals surface area (Å²) in [5, 5.41) is 7.22. The molecule has 3 rings (SSSR count). The maximum absolute atomic E-state index is 13.2. The highest BCUT2D eigenvalue weighted by Gasteiger charge is 2.34. The second kappa shape index (κ2) is 8.23. The van der Waals surface area contributed by atoms with Gasteiger partial charge in [-0.1, -0.05) is 30.0 Å². The maximum Gasteiger partial charge on any atom is 0.419 e. The van der Waals surface area contributed by atoms with E-state index in [2.05, 4.69) is 10.4 Å². The van der Waals surface area contributed by atoms with E-state index in [1.54, 1.807) is 0 Å². The molecular weight excluding hydrogens is 419 g/mol. The van der Waals surface area contributed by atoms with Crippen molar-refractivity contribution in [2.75, 3.05) is 0 Å². The number of rotatable bonds is 6. The zero-order valence-corrected chi connectivity index (χ0v) is 15.5. The summed E-state index contributed by atoms with van der Waals surface area (Å²) in [6.45, 7) is -0.499. The van der Waals surface area contributed by atoms with Gasteiger partial charge in [-0.3, -0.25) is 0 Å². The molecule has 1 heterocycles. The SMILES string of the molecule is Cn1nnn(-c2cccc(SC(F)F)c2COc2ccccc2C(F)(F)F)c1=O. The second-order valence-electron chi connectivity index (χ2n) is 5.71. The van der Waals surface area contributed by atoms with Crippen molar-refractivity contribution in [2.24, 2.45) is 7.05 Å². The molecule has 0 aliphatic rings. The van der Waals surface area contributed by atoms with Crippen molar-refractivity contribution in [1.82, 2.24) is 19.8 Å². The van der Waals surface area contributed by atoms with Gasteiger partial charge in [-0.25, -0.2) is 4.79 Å². The third-order valence-corrected chi connectivity index (χ3v) is 4.65. The summed E-state index contributed by atoms with van der Waals surface area (Å²) in [7, 11) is 1.35. The molecule has 12 heteroatoms. The van der Waals surface area contributed by atoms with Gasteiger partial charge in [-0.05, 0) is 34.7 Å². The molecule has 0 atom stereocenters. The number of nitrogens with zero attached hydrogens (tertiary/aromatic N) is 4. The first-order valence-electron chi connectivity index (χ1n) is 8.03. The lowest BCUT2D eigenvalue weighted by molar-refractivity contribution is -0.139. The zero-order chi connectivity index (χ0) is 21.2. The van der Waals surface area contributed by atoms with Crippen LogP contribution in [-0.4, -0.2) is 25.5 Å². The smallest absolute Gasteiger partial charge is 0.419 e. The van der Waals surface area contributed by atoms with Crippen LogP contribution in [-0.2, 0) is 19.8 Å². The average Bonchev–Trinajstić information content (AvgIpc) is 2.98. The predicted molar refractivity (Wildman–Crippen MR) is 94.2 cm³/mol. The highest BCUT2D eigenvalue weighted by Crippen LogP contribution is 2.37. The van der Waals surface area contributed by atoms with Crippen LogP contribution in [0.2, 0.25) is 0 Å². The largest absolute Gasteiger partial charge is 0.488 e. The van der Waals surface area contributed by atoms with E-state index in [4.69, 9.17) is 4.74 Å². The molecule has 3 aromatic rings. The van der Waals surface area contributed by atoms with Crippen LogP contribution in [0.3, 0.4) is 0 Å². The van der Waals surface area contributed by atoms with E-state index in [9.17, 15) is 26.7 Å². The summed E-state index contributed by atoms with van der Waals surface area (Å²) < 4.78 is 72.6.